The summed E-state index contributed by atoms with van der Waals surface area (Å²) in [5, 5.41) is 11.4. The van der Waals surface area contributed by atoms with Gasteiger partial charge in [-0.25, -0.2) is 0 Å². The van der Waals surface area contributed by atoms with Crippen molar-refractivity contribution in [2.75, 3.05) is 6.54 Å². The monoisotopic (exact) mass is 399 g/mol. The second kappa shape index (κ2) is 7.31. The normalized spacial score (nSPS) is 25.6. The molecule has 8 heteroatoms. The molecule has 1 N–H and O–H groups in total. The van der Waals surface area contributed by atoms with Crippen LogP contribution in [0.3, 0.4) is 0 Å². The van der Waals surface area contributed by atoms with E-state index < -0.39 is 5.41 Å². The van der Waals surface area contributed by atoms with E-state index in [0.29, 0.717) is 36.5 Å². The van der Waals surface area contributed by atoms with Crippen LogP contribution in [-0.2, 0) is 11.3 Å². The van der Waals surface area contributed by atoms with Gasteiger partial charge < -0.3 is 14.7 Å². The van der Waals surface area contributed by atoms with Crippen LogP contribution in [0, 0.1) is 26.2 Å². The SMILES string of the molecule is CC[C@]1(C(=O)NCCn2ccc(C)n2)C[C@H]2CC[C@@H]1N2C(=O)c1c(C)noc1C. The maximum absolute atomic E-state index is 13.3. The number of rotatable bonds is 6. The molecule has 4 heterocycles. The number of hydrogen-bond donors (Lipinski definition) is 1. The Kier molecular flexibility index (Phi) is 4.96. The molecule has 4 rings (SSSR count). The first-order chi connectivity index (χ1) is 13.9. The molecule has 156 valence electrons. The molecule has 29 heavy (non-hydrogen) atoms. The zero-order valence-electron chi connectivity index (χ0n) is 17.6. The number of aryl methyl sites for hydroxylation is 3. The van der Waals surface area contributed by atoms with Gasteiger partial charge in [-0.15, -0.1) is 0 Å². The summed E-state index contributed by atoms with van der Waals surface area (Å²) in [4.78, 5) is 28.5. The lowest BCUT2D eigenvalue weighted by Gasteiger charge is -2.35. The zero-order valence-corrected chi connectivity index (χ0v) is 17.6. The van der Waals surface area contributed by atoms with Crippen molar-refractivity contribution in [3.63, 3.8) is 0 Å². The van der Waals surface area contributed by atoms with Gasteiger partial charge in [0.05, 0.1) is 23.3 Å². The quantitative estimate of drug-likeness (QED) is 0.805. The first-order valence-corrected chi connectivity index (χ1v) is 10.4. The second-order valence-electron chi connectivity index (χ2n) is 8.35. The van der Waals surface area contributed by atoms with Crippen molar-refractivity contribution < 1.29 is 14.1 Å². The van der Waals surface area contributed by atoms with E-state index in [4.69, 9.17) is 4.52 Å². The molecule has 2 aromatic heterocycles. The lowest BCUT2D eigenvalue weighted by molar-refractivity contribution is -0.133. The van der Waals surface area contributed by atoms with Crippen molar-refractivity contribution in [2.24, 2.45) is 5.41 Å². The van der Waals surface area contributed by atoms with Gasteiger partial charge in [0, 0.05) is 24.8 Å². The molecule has 0 aliphatic carbocycles. The van der Waals surface area contributed by atoms with Crippen LogP contribution < -0.4 is 5.32 Å². The van der Waals surface area contributed by atoms with E-state index in [0.717, 1.165) is 25.0 Å². The molecule has 2 aromatic rings. The van der Waals surface area contributed by atoms with Gasteiger partial charge in [-0.3, -0.25) is 14.3 Å². The number of carbonyl (C=O) groups is 2. The zero-order chi connectivity index (χ0) is 20.8. The molecule has 2 amide bonds. The van der Waals surface area contributed by atoms with Crippen molar-refractivity contribution in [1.82, 2.24) is 25.2 Å². The number of carbonyl (C=O) groups excluding carboxylic acids is 2. The molecule has 2 aliphatic heterocycles. The molecule has 2 fully saturated rings. The summed E-state index contributed by atoms with van der Waals surface area (Å²) in [6.07, 6.45) is 5.15. The van der Waals surface area contributed by atoms with Crippen molar-refractivity contribution in [2.45, 2.75) is 72.0 Å². The number of hydrogen-bond acceptors (Lipinski definition) is 5. The lowest BCUT2D eigenvalue weighted by atomic mass is 9.71. The smallest absolute Gasteiger partial charge is 0.259 e. The molecule has 0 aromatic carbocycles. The Bertz CT molecular complexity index is 913. The molecular formula is C21H29N5O3. The topological polar surface area (TPSA) is 93.3 Å². The number of aromatic nitrogens is 3. The minimum absolute atomic E-state index is 0.0487. The maximum atomic E-state index is 13.3. The van der Waals surface area contributed by atoms with E-state index in [1.165, 1.54) is 0 Å². The van der Waals surface area contributed by atoms with Crippen molar-refractivity contribution in [3.8, 4) is 0 Å². The highest BCUT2D eigenvalue weighted by Crippen LogP contribution is 2.52. The van der Waals surface area contributed by atoms with Crippen molar-refractivity contribution in [3.05, 3.63) is 35.0 Å². The van der Waals surface area contributed by atoms with Gasteiger partial charge in [-0.1, -0.05) is 12.1 Å². The minimum Gasteiger partial charge on any atom is -0.361 e. The van der Waals surface area contributed by atoms with Crippen molar-refractivity contribution in [1.29, 1.82) is 0 Å². The highest BCUT2D eigenvalue weighted by atomic mass is 16.5. The fourth-order valence-electron chi connectivity index (χ4n) is 5.24. The summed E-state index contributed by atoms with van der Waals surface area (Å²) < 4.78 is 7.04. The summed E-state index contributed by atoms with van der Waals surface area (Å²) in [6, 6.07) is 1.97. The fraction of sp³-hybridized carbons (Fsp3) is 0.619. The van der Waals surface area contributed by atoms with Crippen LogP contribution in [-0.4, -0.2) is 50.3 Å². The van der Waals surface area contributed by atoms with E-state index in [2.05, 4.69) is 22.5 Å². The number of nitrogens with one attached hydrogen (secondary N) is 1. The average Bonchev–Trinajstić information content (AvgIpc) is 3.45. The van der Waals surface area contributed by atoms with E-state index in [1.54, 1.807) is 13.8 Å². The largest absolute Gasteiger partial charge is 0.361 e. The van der Waals surface area contributed by atoms with Gasteiger partial charge in [-0.2, -0.15) is 5.10 Å². The highest BCUT2D eigenvalue weighted by Gasteiger charge is 2.60. The Hall–Kier alpha value is -2.64. The third-order valence-corrected chi connectivity index (χ3v) is 6.71. The van der Waals surface area contributed by atoms with Crippen LogP contribution in [0.15, 0.2) is 16.8 Å². The van der Waals surface area contributed by atoms with E-state index >= 15 is 0 Å². The van der Waals surface area contributed by atoms with Crippen LogP contribution in [0.2, 0.25) is 0 Å². The van der Waals surface area contributed by atoms with E-state index in [1.807, 2.05) is 28.8 Å². The van der Waals surface area contributed by atoms with Crippen LogP contribution in [0.1, 0.15) is 60.1 Å². The Balaban J connectivity index is 1.49. The van der Waals surface area contributed by atoms with Gasteiger partial charge in [0.1, 0.15) is 11.3 Å². The molecule has 0 spiro atoms. The number of nitrogens with zero attached hydrogens (tertiary/aromatic N) is 4. The molecule has 8 nitrogen and oxygen atoms in total. The molecule has 0 radical (unpaired) electrons. The third kappa shape index (κ3) is 3.14. The van der Waals surface area contributed by atoms with Crippen LogP contribution in [0.5, 0.6) is 0 Å². The van der Waals surface area contributed by atoms with Gasteiger partial charge in [0.2, 0.25) is 5.91 Å². The second-order valence-corrected chi connectivity index (χ2v) is 8.35. The molecule has 2 bridgehead atoms. The molecule has 2 saturated heterocycles. The Labute approximate surface area is 170 Å². The third-order valence-electron chi connectivity index (χ3n) is 6.71. The Morgan fingerprint density at radius 2 is 2.10 bits per heavy atom. The summed E-state index contributed by atoms with van der Waals surface area (Å²) >= 11 is 0. The van der Waals surface area contributed by atoms with Crippen LogP contribution in [0.25, 0.3) is 0 Å². The molecule has 0 saturated carbocycles. The number of fused-ring (bicyclic) bond motifs is 2. The first kappa shape index (κ1) is 19.7. The predicted molar refractivity (Wildman–Crippen MR) is 106 cm³/mol. The highest BCUT2D eigenvalue weighted by molar-refractivity contribution is 5.98. The average molecular weight is 399 g/mol. The summed E-state index contributed by atoms with van der Waals surface area (Å²) in [6.45, 7) is 8.71. The summed E-state index contributed by atoms with van der Waals surface area (Å²) in [7, 11) is 0. The Morgan fingerprint density at radius 1 is 1.31 bits per heavy atom. The van der Waals surface area contributed by atoms with E-state index in [-0.39, 0.29) is 23.9 Å². The molecular weight excluding hydrogens is 370 g/mol. The van der Waals surface area contributed by atoms with Gasteiger partial charge >= 0.3 is 0 Å². The molecule has 2 aliphatic rings. The molecule has 3 atom stereocenters. The first-order valence-electron chi connectivity index (χ1n) is 10.4. The predicted octanol–water partition coefficient (Wildman–Crippen LogP) is 2.39. The fourth-order valence-corrected chi connectivity index (χ4v) is 5.24. The summed E-state index contributed by atoms with van der Waals surface area (Å²) in [5.74, 6) is 0.538. The van der Waals surface area contributed by atoms with Crippen LogP contribution in [0.4, 0.5) is 0 Å². The lowest BCUT2D eigenvalue weighted by Crippen LogP contribution is -2.50. The standard InChI is InChI=1S/C21H29N5O3/c1-5-21(20(28)22-9-11-25-10-8-13(2)23-25)12-16-6-7-17(21)26(16)19(27)18-14(3)24-29-15(18)4/h8,10,16-17H,5-7,9,11-12H2,1-4H3,(H,22,28)/t16-,17+,21+/m1/s1. The van der Waals surface area contributed by atoms with E-state index in [9.17, 15) is 9.59 Å². The number of amides is 2. The van der Waals surface area contributed by atoms with Gasteiger partial charge in [-0.05, 0) is 52.5 Å². The van der Waals surface area contributed by atoms with Gasteiger partial charge in [0.15, 0.2) is 0 Å². The van der Waals surface area contributed by atoms with Crippen LogP contribution >= 0.6 is 0 Å². The summed E-state index contributed by atoms with van der Waals surface area (Å²) in [5.41, 5.74) is 1.59. The van der Waals surface area contributed by atoms with Gasteiger partial charge in [0.25, 0.3) is 5.91 Å². The minimum atomic E-state index is -0.530. The maximum Gasteiger partial charge on any atom is 0.259 e. The van der Waals surface area contributed by atoms with Crippen molar-refractivity contribution >= 4 is 11.8 Å². The molecule has 0 unspecified atom stereocenters. The Morgan fingerprint density at radius 3 is 2.72 bits per heavy atom.